The van der Waals surface area contributed by atoms with Gasteiger partial charge in [-0.05, 0) is 55.7 Å². The predicted molar refractivity (Wildman–Crippen MR) is 114 cm³/mol. The molecule has 150 valence electrons. The second-order valence-corrected chi connectivity index (χ2v) is 8.13. The minimum absolute atomic E-state index is 0.0797. The van der Waals surface area contributed by atoms with E-state index >= 15 is 0 Å². The van der Waals surface area contributed by atoms with Crippen LogP contribution < -0.4 is 15.5 Å². The largest absolute Gasteiger partial charge is 0.497 e. The zero-order valence-electron chi connectivity index (χ0n) is 16.8. The van der Waals surface area contributed by atoms with Crippen molar-refractivity contribution in [1.29, 1.82) is 0 Å². The van der Waals surface area contributed by atoms with E-state index in [1.807, 2.05) is 67.9 Å². The zero-order chi connectivity index (χ0) is 20.5. The van der Waals surface area contributed by atoms with Crippen LogP contribution in [0.3, 0.4) is 0 Å². The third-order valence-corrected chi connectivity index (χ3v) is 6.41. The summed E-state index contributed by atoms with van der Waals surface area (Å²) in [7, 11) is 1.64. The van der Waals surface area contributed by atoms with Gasteiger partial charge in [-0.3, -0.25) is 4.79 Å². The first-order valence-electron chi connectivity index (χ1n) is 9.34. The summed E-state index contributed by atoms with van der Waals surface area (Å²) >= 11 is 1.41. The Bertz CT molecular complexity index is 1050. The highest BCUT2D eigenvalue weighted by molar-refractivity contribution is 8.00. The van der Waals surface area contributed by atoms with Crippen LogP contribution in [-0.4, -0.2) is 33.1 Å². The van der Waals surface area contributed by atoms with E-state index in [1.54, 1.807) is 7.11 Å². The Hall–Kier alpha value is -3.00. The van der Waals surface area contributed by atoms with E-state index in [4.69, 9.17) is 4.74 Å². The minimum atomic E-state index is -0.417. The summed E-state index contributed by atoms with van der Waals surface area (Å²) in [6.07, 6.45) is 0. The molecular weight excluding hydrogens is 386 g/mol. The van der Waals surface area contributed by atoms with Crippen molar-refractivity contribution in [2.45, 2.75) is 37.2 Å². The molecule has 3 aromatic rings. The maximum absolute atomic E-state index is 13.3. The Morgan fingerprint density at radius 3 is 2.62 bits per heavy atom. The van der Waals surface area contributed by atoms with Crippen LogP contribution in [0.25, 0.3) is 0 Å². The molecule has 0 aliphatic carbocycles. The van der Waals surface area contributed by atoms with Gasteiger partial charge in [0.05, 0.1) is 13.2 Å². The predicted octanol–water partition coefficient (Wildman–Crippen LogP) is 3.61. The van der Waals surface area contributed by atoms with Crippen molar-refractivity contribution in [3.05, 3.63) is 65.0 Å². The minimum Gasteiger partial charge on any atom is -0.497 e. The van der Waals surface area contributed by atoms with E-state index in [1.165, 1.54) is 11.8 Å². The highest BCUT2D eigenvalue weighted by Gasteiger charge is 2.37. The molecule has 29 heavy (non-hydrogen) atoms. The first kappa shape index (κ1) is 19.3. The van der Waals surface area contributed by atoms with Crippen LogP contribution in [0.1, 0.15) is 28.6 Å². The van der Waals surface area contributed by atoms with Crippen LogP contribution in [-0.2, 0) is 4.79 Å². The quantitative estimate of drug-likeness (QED) is 0.685. The third-order valence-electron chi connectivity index (χ3n) is 5.19. The number of thioether (sulfide) groups is 1. The summed E-state index contributed by atoms with van der Waals surface area (Å²) in [6.45, 7) is 5.93. The molecule has 0 saturated carbocycles. The van der Waals surface area contributed by atoms with E-state index in [2.05, 4.69) is 20.9 Å². The summed E-state index contributed by atoms with van der Waals surface area (Å²) in [5.74, 6) is 1.44. The second-order valence-electron chi connectivity index (χ2n) is 7.02. The number of hydrogen-bond acceptors (Lipinski definition) is 6. The van der Waals surface area contributed by atoms with Gasteiger partial charge in [0.25, 0.3) is 0 Å². The normalized spacial score (nSPS) is 17.9. The molecule has 1 aromatic heterocycles. The number of carbonyl (C=O) groups excluding carboxylic acids is 1. The molecule has 1 aliphatic rings. The van der Waals surface area contributed by atoms with E-state index in [9.17, 15) is 4.79 Å². The van der Waals surface area contributed by atoms with E-state index in [-0.39, 0.29) is 11.9 Å². The van der Waals surface area contributed by atoms with Gasteiger partial charge in [0, 0.05) is 5.69 Å². The Morgan fingerprint density at radius 2 is 1.90 bits per heavy atom. The molecule has 4 rings (SSSR count). The molecule has 2 heterocycles. The number of aryl methyl sites for hydroxylation is 2. The number of rotatable bonds is 4. The van der Waals surface area contributed by atoms with Crippen LogP contribution in [0.2, 0.25) is 0 Å². The van der Waals surface area contributed by atoms with Crippen molar-refractivity contribution >= 4 is 23.4 Å². The van der Waals surface area contributed by atoms with Crippen molar-refractivity contribution in [1.82, 2.24) is 14.9 Å². The standard InChI is InChI=1S/C21H23N5O2S/c1-12-6-5-7-17(13(12)2)22-20(27)19-18(15-8-10-16(28-4)11-9-15)25-26-14(3)23-24-21(26)29-19/h5-11,18-19,25H,1-4H3,(H,22,27)/t18-,19-/m1/s1. The molecule has 2 aromatic carbocycles. The number of nitrogens with zero attached hydrogens (tertiary/aromatic N) is 3. The van der Waals surface area contributed by atoms with E-state index < -0.39 is 5.25 Å². The third kappa shape index (κ3) is 3.67. The van der Waals surface area contributed by atoms with Crippen molar-refractivity contribution in [2.75, 3.05) is 17.9 Å². The van der Waals surface area contributed by atoms with E-state index in [0.717, 1.165) is 34.0 Å². The molecule has 0 saturated heterocycles. The lowest BCUT2D eigenvalue weighted by Gasteiger charge is -2.33. The van der Waals surface area contributed by atoms with Gasteiger partial charge in [-0.2, -0.15) is 0 Å². The highest BCUT2D eigenvalue weighted by atomic mass is 32.2. The first-order valence-corrected chi connectivity index (χ1v) is 10.2. The number of ether oxygens (including phenoxy) is 1. The number of hydrogen-bond donors (Lipinski definition) is 2. The van der Waals surface area contributed by atoms with Crippen LogP contribution >= 0.6 is 11.8 Å². The molecule has 8 heteroatoms. The highest BCUT2D eigenvalue weighted by Crippen LogP contribution is 2.38. The second kappa shape index (κ2) is 7.79. The lowest BCUT2D eigenvalue weighted by molar-refractivity contribution is -0.116. The van der Waals surface area contributed by atoms with Crippen molar-refractivity contribution in [2.24, 2.45) is 0 Å². The molecule has 0 unspecified atom stereocenters. The lowest BCUT2D eigenvalue weighted by atomic mass is 10.0. The topological polar surface area (TPSA) is 81.1 Å². The Morgan fingerprint density at radius 1 is 1.14 bits per heavy atom. The van der Waals surface area contributed by atoms with Gasteiger partial charge in [0.2, 0.25) is 11.1 Å². The number of benzene rings is 2. The smallest absolute Gasteiger partial charge is 0.240 e. The molecule has 0 bridgehead atoms. The Kier molecular flexibility index (Phi) is 5.19. The van der Waals surface area contributed by atoms with Crippen molar-refractivity contribution < 1.29 is 9.53 Å². The van der Waals surface area contributed by atoms with Crippen LogP contribution in [0, 0.1) is 20.8 Å². The zero-order valence-corrected chi connectivity index (χ0v) is 17.6. The summed E-state index contributed by atoms with van der Waals surface area (Å²) in [5.41, 5.74) is 7.42. The average Bonchev–Trinajstić information content (AvgIpc) is 3.10. The van der Waals surface area contributed by atoms with Gasteiger partial charge in [-0.25, -0.2) is 4.68 Å². The van der Waals surface area contributed by atoms with Crippen LogP contribution in [0.15, 0.2) is 47.6 Å². The number of nitrogens with one attached hydrogen (secondary N) is 2. The van der Waals surface area contributed by atoms with Crippen LogP contribution in [0.4, 0.5) is 5.69 Å². The summed E-state index contributed by atoms with van der Waals surface area (Å²) in [5, 5.41) is 11.7. The first-order chi connectivity index (χ1) is 14.0. The van der Waals surface area contributed by atoms with Gasteiger partial charge in [0.1, 0.15) is 16.8 Å². The molecular formula is C21H23N5O2S. The van der Waals surface area contributed by atoms with Gasteiger partial charge in [-0.15, -0.1) is 10.2 Å². The van der Waals surface area contributed by atoms with Gasteiger partial charge >= 0.3 is 0 Å². The lowest BCUT2D eigenvalue weighted by Crippen LogP contribution is -2.41. The van der Waals surface area contributed by atoms with Gasteiger partial charge in [0.15, 0.2) is 0 Å². The molecule has 0 fully saturated rings. The van der Waals surface area contributed by atoms with Gasteiger partial charge < -0.3 is 15.5 Å². The number of fused-ring (bicyclic) bond motifs is 1. The molecule has 1 aliphatic heterocycles. The van der Waals surface area contributed by atoms with Gasteiger partial charge in [-0.1, -0.05) is 36.0 Å². The molecule has 2 atom stereocenters. The van der Waals surface area contributed by atoms with Crippen molar-refractivity contribution in [3.63, 3.8) is 0 Å². The monoisotopic (exact) mass is 409 g/mol. The average molecular weight is 410 g/mol. The number of amides is 1. The molecule has 2 N–H and O–H groups in total. The summed E-state index contributed by atoms with van der Waals surface area (Å²) < 4.78 is 7.10. The Labute approximate surface area is 173 Å². The molecule has 0 radical (unpaired) electrons. The number of carbonyl (C=O) groups is 1. The molecule has 0 spiro atoms. The fourth-order valence-electron chi connectivity index (χ4n) is 3.31. The number of aromatic nitrogens is 3. The Balaban J connectivity index is 1.67. The molecule has 7 nitrogen and oxygen atoms in total. The fraction of sp³-hybridized carbons (Fsp3) is 0.286. The van der Waals surface area contributed by atoms with E-state index in [0.29, 0.717) is 5.16 Å². The SMILES string of the molecule is COc1ccc([C@H]2Nn3c(C)nnc3S[C@H]2C(=O)Nc2cccc(C)c2C)cc1. The molecule has 1 amide bonds. The maximum Gasteiger partial charge on any atom is 0.240 e. The van der Waals surface area contributed by atoms with Crippen molar-refractivity contribution in [3.8, 4) is 5.75 Å². The fourth-order valence-corrected chi connectivity index (χ4v) is 4.44. The number of methoxy groups -OCH3 is 1. The number of anilines is 1. The summed E-state index contributed by atoms with van der Waals surface area (Å²) in [6, 6.07) is 13.4. The summed E-state index contributed by atoms with van der Waals surface area (Å²) in [4.78, 5) is 13.3. The van der Waals surface area contributed by atoms with Crippen LogP contribution in [0.5, 0.6) is 5.75 Å². The maximum atomic E-state index is 13.3.